The van der Waals surface area contributed by atoms with Crippen molar-refractivity contribution < 1.29 is 14.3 Å². The predicted molar refractivity (Wildman–Crippen MR) is 101 cm³/mol. The van der Waals surface area contributed by atoms with Crippen LogP contribution in [0.2, 0.25) is 0 Å². The van der Waals surface area contributed by atoms with Gasteiger partial charge in [-0.2, -0.15) is 4.68 Å². The maximum atomic E-state index is 11.6. The number of carbonyl (C=O) groups excluding carboxylic acids is 1. The number of methoxy groups -OCH3 is 1. The fraction of sp³-hybridized carbons (Fsp3) is 0.619. The summed E-state index contributed by atoms with van der Waals surface area (Å²) in [6.45, 7) is 3.84. The molecule has 2 fully saturated rings. The summed E-state index contributed by atoms with van der Waals surface area (Å²) >= 11 is 0. The van der Waals surface area contributed by atoms with Crippen molar-refractivity contribution in [1.82, 2.24) is 20.2 Å². The van der Waals surface area contributed by atoms with Crippen molar-refractivity contribution in [2.45, 2.75) is 58.0 Å². The maximum Gasteiger partial charge on any atom is 0.302 e. The molecule has 3 aliphatic rings. The maximum absolute atomic E-state index is 11.6. The van der Waals surface area contributed by atoms with Gasteiger partial charge < -0.3 is 9.47 Å². The third kappa shape index (κ3) is 2.48. The van der Waals surface area contributed by atoms with Crippen molar-refractivity contribution in [3.63, 3.8) is 0 Å². The quantitative estimate of drug-likeness (QED) is 0.743. The monoisotopic (exact) mass is 382 g/mol. The topological polar surface area (TPSA) is 79.1 Å². The number of aromatic nitrogens is 4. The summed E-state index contributed by atoms with van der Waals surface area (Å²) in [6.07, 6.45) is 5.04. The van der Waals surface area contributed by atoms with Gasteiger partial charge in [0.2, 0.25) is 0 Å². The number of hydrogen-bond donors (Lipinski definition) is 0. The highest BCUT2D eigenvalue weighted by atomic mass is 16.5. The highest BCUT2D eigenvalue weighted by Gasteiger charge is 2.56. The minimum absolute atomic E-state index is 0.0190. The van der Waals surface area contributed by atoms with Crippen LogP contribution in [0.3, 0.4) is 0 Å². The molecule has 7 nitrogen and oxygen atoms in total. The third-order valence-corrected chi connectivity index (χ3v) is 7.48. The molecule has 0 N–H and O–H groups in total. The Bertz CT molecular complexity index is 926. The zero-order chi connectivity index (χ0) is 19.5. The number of hydrogen-bond acceptors (Lipinski definition) is 6. The van der Waals surface area contributed by atoms with Gasteiger partial charge in [-0.15, -0.1) is 5.10 Å². The van der Waals surface area contributed by atoms with E-state index in [9.17, 15) is 4.79 Å². The molecule has 5 atom stereocenters. The first kappa shape index (κ1) is 17.6. The summed E-state index contributed by atoms with van der Waals surface area (Å²) in [5.41, 5.74) is 2.36. The lowest BCUT2D eigenvalue weighted by Gasteiger charge is -2.47. The summed E-state index contributed by atoms with van der Waals surface area (Å²) in [4.78, 5) is 11.6. The number of esters is 1. The van der Waals surface area contributed by atoms with Gasteiger partial charge in [0.05, 0.1) is 12.8 Å². The molecule has 5 rings (SSSR count). The largest absolute Gasteiger partial charge is 0.497 e. The predicted octanol–water partition coefficient (Wildman–Crippen LogP) is 3.07. The average molecular weight is 382 g/mol. The van der Waals surface area contributed by atoms with E-state index in [1.807, 2.05) is 16.8 Å². The fourth-order valence-corrected chi connectivity index (χ4v) is 6.18. The molecule has 1 aromatic carbocycles. The van der Waals surface area contributed by atoms with Crippen LogP contribution in [0.15, 0.2) is 18.2 Å². The van der Waals surface area contributed by atoms with E-state index in [-0.39, 0.29) is 17.5 Å². The number of rotatable bonds is 2. The normalized spacial score (nSPS) is 33.1. The van der Waals surface area contributed by atoms with Crippen LogP contribution in [-0.4, -0.2) is 39.4 Å². The lowest BCUT2D eigenvalue weighted by molar-refractivity contribution is -0.154. The van der Waals surface area contributed by atoms with E-state index >= 15 is 0 Å². The van der Waals surface area contributed by atoms with Crippen LogP contribution in [0.4, 0.5) is 0 Å². The number of benzene rings is 1. The summed E-state index contributed by atoms with van der Waals surface area (Å²) in [6, 6.07) is 6.26. The van der Waals surface area contributed by atoms with Gasteiger partial charge in [0.1, 0.15) is 11.9 Å². The molecule has 0 spiro atoms. The van der Waals surface area contributed by atoms with Crippen LogP contribution in [0.5, 0.6) is 5.75 Å². The van der Waals surface area contributed by atoms with Gasteiger partial charge in [-0.05, 0) is 65.5 Å². The van der Waals surface area contributed by atoms with Crippen molar-refractivity contribution >= 4 is 5.97 Å². The van der Waals surface area contributed by atoms with Crippen LogP contribution in [0.25, 0.3) is 5.69 Å². The molecule has 0 saturated heterocycles. The van der Waals surface area contributed by atoms with Crippen LogP contribution in [-0.2, 0) is 16.0 Å². The molecule has 1 aromatic heterocycles. The molecule has 2 aliphatic carbocycles. The molecule has 0 bridgehead atoms. The highest BCUT2D eigenvalue weighted by molar-refractivity contribution is 5.66. The zero-order valence-corrected chi connectivity index (χ0v) is 16.6. The standard InChI is InChI=1S/C21H26N4O3/c1-12(26)28-19-7-6-17-16-11-20-22-23-24-25(20)18-10-13(27-3)4-5-15(18)14(16)8-9-21(17,19)2/h4-5,10,14,16-17,19H,6-9,11H2,1-3H3/t14?,16?,17?,19-,21-/m0/s1. The molecule has 2 heterocycles. The first-order valence-electron chi connectivity index (χ1n) is 10.1. The smallest absolute Gasteiger partial charge is 0.302 e. The molecule has 0 amide bonds. The van der Waals surface area contributed by atoms with Crippen molar-refractivity contribution in [2.24, 2.45) is 17.3 Å². The van der Waals surface area contributed by atoms with E-state index in [1.165, 1.54) is 12.5 Å². The number of nitrogens with zero attached hydrogens (tertiary/aromatic N) is 4. The molecule has 28 heavy (non-hydrogen) atoms. The Hall–Kier alpha value is -2.44. The Morgan fingerprint density at radius 3 is 2.93 bits per heavy atom. The van der Waals surface area contributed by atoms with E-state index < -0.39 is 0 Å². The number of tetrazole rings is 1. The molecule has 1 aliphatic heterocycles. The second-order valence-electron chi connectivity index (χ2n) is 8.73. The minimum atomic E-state index is -0.170. The van der Waals surface area contributed by atoms with Crippen molar-refractivity contribution in [3.05, 3.63) is 29.6 Å². The first-order valence-corrected chi connectivity index (χ1v) is 10.1. The molecule has 0 radical (unpaired) electrons. The average Bonchev–Trinajstić information content (AvgIpc) is 3.23. The van der Waals surface area contributed by atoms with E-state index in [4.69, 9.17) is 9.47 Å². The van der Waals surface area contributed by atoms with E-state index in [1.54, 1.807) is 7.11 Å². The molecule has 7 heteroatoms. The Kier molecular flexibility index (Phi) is 3.96. The summed E-state index contributed by atoms with van der Waals surface area (Å²) in [5.74, 6) is 2.93. The van der Waals surface area contributed by atoms with Crippen molar-refractivity contribution in [3.8, 4) is 11.4 Å². The number of fused-ring (bicyclic) bond motifs is 7. The van der Waals surface area contributed by atoms with Gasteiger partial charge >= 0.3 is 5.97 Å². The van der Waals surface area contributed by atoms with Crippen LogP contribution >= 0.6 is 0 Å². The Balaban J connectivity index is 1.58. The van der Waals surface area contributed by atoms with Crippen LogP contribution in [0, 0.1) is 17.3 Å². The number of carbonyl (C=O) groups is 1. The Labute approximate surface area is 164 Å². The fourth-order valence-electron chi connectivity index (χ4n) is 6.18. The lowest BCUT2D eigenvalue weighted by Crippen LogP contribution is -2.44. The van der Waals surface area contributed by atoms with Gasteiger partial charge in [0, 0.05) is 24.8 Å². The summed E-state index contributed by atoms with van der Waals surface area (Å²) in [5, 5.41) is 12.6. The van der Waals surface area contributed by atoms with Gasteiger partial charge in [-0.1, -0.05) is 13.0 Å². The first-order chi connectivity index (χ1) is 13.5. The highest BCUT2D eigenvalue weighted by Crippen LogP contribution is 2.60. The molecule has 148 valence electrons. The van der Waals surface area contributed by atoms with E-state index in [0.29, 0.717) is 17.8 Å². The Morgan fingerprint density at radius 2 is 2.14 bits per heavy atom. The molecule has 2 saturated carbocycles. The van der Waals surface area contributed by atoms with E-state index in [0.717, 1.165) is 49.4 Å². The summed E-state index contributed by atoms with van der Waals surface area (Å²) < 4.78 is 13.1. The van der Waals surface area contributed by atoms with Crippen LogP contribution in [0.1, 0.15) is 56.8 Å². The third-order valence-electron chi connectivity index (χ3n) is 7.48. The van der Waals surface area contributed by atoms with Crippen molar-refractivity contribution in [2.75, 3.05) is 7.11 Å². The van der Waals surface area contributed by atoms with Gasteiger partial charge in [-0.25, -0.2) is 0 Å². The second kappa shape index (κ2) is 6.29. The summed E-state index contributed by atoms with van der Waals surface area (Å²) in [7, 11) is 1.68. The molecular formula is C21H26N4O3. The minimum Gasteiger partial charge on any atom is -0.497 e. The molecule has 2 aromatic rings. The van der Waals surface area contributed by atoms with E-state index in [2.05, 4.69) is 28.5 Å². The van der Waals surface area contributed by atoms with Gasteiger partial charge in [0.15, 0.2) is 5.82 Å². The lowest BCUT2D eigenvalue weighted by atomic mass is 9.58. The molecule has 3 unspecified atom stereocenters. The zero-order valence-electron chi connectivity index (χ0n) is 16.6. The van der Waals surface area contributed by atoms with Gasteiger partial charge in [0.25, 0.3) is 0 Å². The SMILES string of the molecule is COc1ccc2c(c1)-n1nnnc1CC1C2CC[C@@]2(C)C1CC[C@@H]2OC(C)=O. The number of ether oxygens (including phenoxy) is 2. The Morgan fingerprint density at radius 1 is 1.29 bits per heavy atom. The van der Waals surface area contributed by atoms with Crippen molar-refractivity contribution in [1.29, 1.82) is 0 Å². The van der Waals surface area contributed by atoms with Crippen LogP contribution < -0.4 is 4.74 Å². The second-order valence-corrected chi connectivity index (χ2v) is 8.73. The van der Waals surface area contributed by atoms with Gasteiger partial charge in [-0.3, -0.25) is 4.79 Å². The molecular weight excluding hydrogens is 356 g/mol.